The van der Waals surface area contributed by atoms with Gasteiger partial charge in [0.1, 0.15) is 5.82 Å². The molecule has 136 valence electrons. The van der Waals surface area contributed by atoms with Crippen molar-refractivity contribution in [3.8, 4) is 0 Å². The largest absolute Gasteiger partial charge is 0.478 e. The third-order valence-electron chi connectivity index (χ3n) is 3.62. The van der Waals surface area contributed by atoms with Gasteiger partial charge in [-0.1, -0.05) is 11.6 Å². The summed E-state index contributed by atoms with van der Waals surface area (Å²) in [4.78, 5) is 29.4. The van der Waals surface area contributed by atoms with Crippen LogP contribution in [0.5, 0.6) is 0 Å². The van der Waals surface area contributed by atoms with Gasteiger partial charge < -0.3 is 14.9 Å². The number of anilines is 1. The SMILES string of the molecule is O=C(O)/C=C\C(=O)N1CCCN(c2ncc(C(F)(F)F)cc2Cl)CC1. The van der Waals surface area contributed by atoms with Crippen LogP contribution >= 0.6 is 11.6 Å². The van der Waals surface area contributed by atoms with Gasteiger partial charge >= 0.3 is 12.1 Å². The molecule has 0 aliphatic carbocycles. The van der Waals surface area contributed by atoms with Gasteiger partial charge in [-0.3, -0.25) is 4.79 Å². The van der Waals surface area contributed by atoms with Crippen LogP contribution in [0.4, 0.5) is 19.0 Å². The lowest BCUT2D eigenvalue weighted by molar-refractivity contribution is -0.138. The monoisotopic (exact) mass is 377 g/mol. The molecule has 1 fully saturated rings. The van der Waals surface area contributed by atoms with Gasteiger partial charge in [0.25, 0.3) is 0 Å². The van der Waals surface area contributed by atoms with E-state index in [-0.39, 0.29) is 17.4 Å². The van der Waals surface area contributed by atoms with Crippen molar-refractivity contribution in [3.05, 3.63) is 35.0 Å². The van der Waals surface area contributed by atoms with Gasteiger partial charge in [0.2, 0.25) is 5.91 Å². The van der Waals surface area contributed by atoms with E-state index in [4.69, 9.17) is 16.7 Å². The summed E-state index contributed by atoms with van der Waals surface area (Å²) in [6.45, 7) is 1.47. The second kappa shape index (κ2) is 7.73. The second-order valence-electron chi connectivity index (χ2n) is 5.36. The standard InChI is InChI=1S/C15H15ClF3N3O3/c16-11-8-10(15(17,18)19)9-20-14(11)22-5-1-4-21(6-7-22)12(23)2-3-13(24)25/h2-3,8-9H,1,4-7H2,(H,24,25)/b3-2-. The number of carboxylic acid groups (broad SMARTS) is 1. The number of aliphatic carboxylic acids is 1. The molecule has 0 bridgehead atoms. The van der Waals surface area contributed by atoms with Crippen molar-refractivity contribution in [1.29, 1.82) is 0 Å². The summed E-state index contributed by atoms with van der Waals surface area (Å²) < 4.78 is 38.0. The summed E-state index contributed by atoms with van der Waals surface area (Å²) in [6, 6.07) is 0.827. The van der Waals surface area contributed by atoms with Crippen molar-refractivity contribution in [1.82, 2.24) is 9.88 Å². The Morgan fingerprint density at radius 1 is 1.20 bits per heavy atom. The third-order valence-corrected chi connectivity index (χ3v) is 3.90. The molecule has 0 saturated carbocycles. The number of carbonyl (C=O) groups excluding carboxylic acids is 1. The molecular weight excluding hydrogens is 363 g/mol. The Labute approximate surface area is 146 Å². The molecule has 1 aromatic heterocycles. The van der Waals surface area contributed by atoms with Gasteiger partial charge in [-0.15, -0.1) is 0 Å². The number of rotatable bonds is 3. The first-order chi connectivity index (χ1) is 11.7. The zero-order valence-electron chi connectivity index (χ0n) is 13.0. The highest BCUT2D eigenvalue weighted by atomic mass is 35.5. The van der Waals surface area contributed by atoms with Gasteiger partial charge in [-0.2, -0.15) is 13.2 Å². The molecule has 0 spiro atoms. The summed E-state index contributed by atoms with van der Waals surface area (Å²) in [5.41, 5.74) is -0.924. The highest BCUT2D eigenvalue weighted by molar-refractivity contribution is 6.33. The number of hydrogen-bond donors (Lipinski definition) is 1. The Hall–Kier alpha value is -2.29. The second-order valence-corrected chi connectivity index (χ2v) is 5.77. The number of halogens is 4. The summed E-state index contributed by atoms with van der Waals surface area (Å²) in [7, 11) is 0. The Bertz CT molecular complexity index is 694. The molecule has 1 amide bonds. The van der Waals surface area contributed by atoms with E-state index in [0.29, 0.717) is 26.1 Å². The Morgan fingerprint density at radius 2 is 1.92 bits per heavy atom. The molecule has 1 aliphatic rings. The predicted molar refractivity (Wildman–Crippen MR) is 84.4 cm³/mol. The van der Waals surface area contributed by atoms with Gasteiger partial charge in [-0.05, 0) is 12.5 Å². The molecule has 1 aliphatic heterocycles. The third kappa shape index (κ3) is 5.09. The first-order valence-corrected chi connectivity index (χ1v) is 7.74. The quantitative estimate of drug-likeness (QED) is 0.819. The van der Waals surface area contributed by atoms with E-state index in [9.17, 15) is 22.8 Å². The molecule has 2 rings (SSSR count). The highest BCUT2D eigenvalue weighted by Gasteiger charge is 2.32. The molecule has 0 radical (unpaired) electrons. The zero-order valence-corrected chi connectivity index (χ0v) is 13.7. The minimum atomic E-state index is -4.52. The highest BCUT2D eigenvalue weighted by Crippen LogP contribution is 2.33. The normalized spacial score (nSPS) is 16.2. The van der Waals surface area contributed by atoms with Crippen molar-refractivity contribution in [2.75, 3.05) is 31.1 Å². The summed E-state index contributed by atoms with van der Waals surface area (Å²) >= 11 is 5.94. The molecule has 1 saturated heterocycles. The first-order valence-electron chi connectivity index (χ1n) is 7.36. The van der Waals surface area contributed by atoms with Crippen molar-refractivity contribution in [2.24, 2.45) is 0 Å². The number of hydrogen-bond acceptors (Lipinski definition) is 4. The van der Waals surface area contributed by atoms with Crippen LogP contribution in [0.3, 0.4) is 0 Å². The first kappa shape index (κ1) is 19.0. The molecule has 0 aromatic carbocycles. The topological polar surface area (TPSA) is 73.7 Å². The van der Waals surface area contributed by atoms with Crippen molar-refractivity contribution in [3.63, 3.8) is 0 Å². The van der Waals surface area contributed by atoms with E-state index in [0.717, 1.165) is 24.4 Å². The van der Waals surface area contributed by atoms with E-state index >= 15 is 0 Å². The van der Waals surface area contributed by atoms with E-state index in [1.807, 2.05) is 0 Å². The predicted octanol–water partition coefficient (Wildman–Crippen LogP) is 2.43. The molecule has 25 heavy (non-hydrogen) atoms. The van der Waals surface area contributed by atoms with Crippen LogP contribution in [-0.2, 0) is 15.8 Å². The van der Waals surface area contributed by atoms with Crippen LogP contribution in [0.15, 0.2) is 24.4 Å². The van der Waals surface area contributed by atoms with E-state index in [1.54, 1.807) is 4.90 Å². The smallest absolute Gasteiger partial charge is 0.417 e. The summed E-state index contributed by atoms with van der Waals surface area (Å²) in [5.74, 6) is -1.42. The van der Waals surface area contributed by atoms with Gasteiger partial charge in [0.15, 0.2) is 0 Å². The van der Waals surface area contributed by atoms with Crippen LogP contribution < -0.4 is 4.90 Å². The minimum absolute atomic E-state index is 0.111. The lowest BCUT2D eigenvalue weighted by Crippen LogP contribution is -2.34. The number of aromatic nitrogens is 1. The molecule has 6 nitrogen and oxygen atoms in total. The maximum Gasteiger partial charge on any atom is 0.417 e. The molecule has 1 N–H and O–H groups in total. The van der Waals surface area contributed by atoms with Gasteiger partial charge in [0.05, 0.1) is 10.6 Å². The van der Waals surface area contributed by atoms with E-state index in [2.05, 4.69) is 4.98 Å². The number of carbonyl (C=O) groups is 2. The van der Waals surface area contributed by atoms with E-state index in [1.165, 1.54) is 4.90 Å². The maximum absolute atomic E-state index is 12.7. The molecule has 0 atom stereocenters. The molecule has 10 heteroatoms. The van der Waals surface area contributed by atoms with Crippen LogP contribution in [0.2, 0.25) is 5.02 Å². The average Bonchev–Trinajstić information content (AvgIpc) is 2.77. The average molecular weight is 378 g/mol. The number of nitrogens with zero attached hydrogens (tertiary/aromatic N) is 3. The number of pyridine rings is 1. The maximum atomic E-state index is 12.7. The van der Waals surface area contributed by atoms with Gasteiger partial charge in [-0.25, -0.2) is 9.78 Å². The summed E-state index contributed by atoms with van der Waals surface area (Å²) in [6.07, 6.45) is -1.51. The number of amides is 1. The molecule has 2 heterocycles. The lowest BCUT2D eigenvalue weighted by atomic mass is 10.2. The van der Waals surface area contributed by atoms with Crippen LogP contribution in [-0.4, -0.2) is 53.0 Å². The number of alkyl halides is 3. The van der Waals surface area contributed by atoms with Crippen LogP contribution in [0.1, 0.15) is 12.0 Å². The zero-order chi connectivity index (χ0) is 18.6. The van der Waals surface area contributed by atoms with Crippen LogP contribution in [0.25, 0.3) is 0 Å². The van der Waals surface area contributed by atoms with E-state index < -0.39 is 23.6 Å². The fourth-order valence-electron chi connectivity index (χ4n) is 2.42. The lowest BCUT2D eigenvalue weighted by Gasteiger charge is -2.23. The fourth-order valence-corrected chi connectivity index (χ4v) is 2.70. The molecular formula is C15H15ClF3N3O3. The Balaban J connectivity index is 2.08. The minimum Gasteiger partial charge on any atom is -0.478 e. The molecule has 0 unspecified atom stereocenters. The van der Waals surface area contributed by atoms with Gasteiger partial charge in [0, 0.05) is 44.5 Å². The van der Waals surface area contributed by atoms with Crippen LogP contribution in [0, 0.1) is 0 Å². The van der Waals surface area contributed by atoms with Crippen molar-refractivity contribution >= 4 is 29.3 Å². The van der Waals surface area contributed by atoms with Crippen molar-refractivity contribution < 1.29 is 27.9 Å². The number of carboxylic acids is 1. The summed E-state index contributed by atoms with van der Waals surface area (Å²) in [5, 5.41) is 8.44. The Kier molecular flexibility index (Phi) is 5.89. The fraction of sp³-hybridized carbons (Fsp3) is 0.400. The van der Waals surface area contributed by atoms with Crippen molar-refractivity contribution in [2.45, 2.75) is 12.6 Å². The Morgan fingerprint density at radius 3 is 2.52 bits per heavy atom. The molecule has 1 aromatic rings.